The first kappa shape index (κ1) is 18.8. The van der Waals surface area contributed by atoms with Crippen molar-refractivity contribution in [3.05, 3.63) is 77.7 Å². The predicted octanol–water partition coefficient (Wildman–Crippen LogP) is 4.06. The minimum absolute atomic E-state index is 0.0885. The molecule has 0 unspecified atom stereocenters. The van der Waals surface area contributed by atoms with Crippen LogP contribution in [-0.4, -0.2) is 25.5 Å². The Hall–Kier alpha value is -3.54. The maximum Gasteiger partial charge on any atom is 0.293 e. The van der Waals surface area contributed by atoms with Crippen LogP contribution in [0.15, 0.2) is 65.3 Å². The number of nitrogens with one attached hydrogen (secondary N) is 1. The van der Waals surface area contributed by atoms with Crippen LogP contribution in [0.5, 0.6) is 5.75 Å². The fraction of sp³-hybridized carbons (Fsp3) is 0.217. The number of hydrogen-bond acceptors (Lipinski definition) is 4. The van der Waals surface area contributed by atoms with Crippen LogP contribution in [0.3, 0.4) is 0 Å². The van der Waals surface area contributed by atoms with Crippen LogP contribution in [-0.2, 0) is 17.6 Å². The molecule has 148 valence electrons. The van der Waals surface area contributed by atoms with Crippen molar-refractivity contribution in [1.29, 1.82) is 0 Å². The van der Waals surface area contributed by atoms with Gasteiger partial charge >= 0.3 is 0 Å². The lowest BCUT2D eigenvalue weighted by Gasteiger charge is -2.29. The van der Waals surface area contributed by atoms with Gasteiger partial charge < -0.3 is 19.4 Å². The smallest absolute Gasteiger partial charge is 0.293 e. The highest BCUT2D eigenvalue weighted by Gasteiger charge is 2.25. The number of carbonyl (C=O) groups is 2. The SMILES string of the molecule is COc1ccc(CC(=O)Nc2ccc3c(c2)CCCN3C(=O)c2ccco2)cc1. The van der Waals surface area contributed by atoms with E-state index in [0.717, 1.165) is 41.1 Å². The topological polar surface area (TPSA) is 71.8 Å². The van der Waals surface area contributed by atoms with Gasteiger partial charge in [-0.3, -0.25) is 9.59 Å². The summed E-state index contributed by atoms with van der Waals surface area (Å²) >= 11 is 0. The third-order valence-electron chi connectivity index (χ3n) is 4.98. The molecule has 6 nitrogen and oxygen atoms in total. The Morgan fingerprint density at radius 1 is 1.14 bits per heavy atom. The number of benzene rings is 2. The normalized spacial score (nSPS) is 12.9. The number of ether oxygens (including phenoxy) is 1. The van der Waals surface area contributed by atoms with E-state index in [9.17, 15) is 9.59 Å². The second-order valence-corrected chi connectivity index (χ2v) is 6.95. The zero-order chi connectivity index (χ0) is 20.2. The summed E-state index contributed by atoms with van der Waals surface area (Å²) in [6.07, 6.45) is 3.51. The number of anilines is 2. The molecule has 4 rings (SSSR count). The Kier molecular flexibility index (Phi) is 5.33. The van der Waals surface area contributed by atoms with Crippen LogP contribution in [0, 0.1) is 0 Å². The molecule has 6 heteroatoms. The van der Waals surface area contributed by atoms with E-state index in [4.69, 9.17) is 9.15 Å². The van der Waals surface area contributed by atoms with Gasteiger partial charge in [-0.15, -0.1) is 0 Å². The monoisotopic (exact) mass is 390 g/mol. The Labute approximate surface area is 169 Å². The first-order chi connectivity index (χ1) is 14.1. The van der Waals surface area contributed by atoms with E-state index >= 15 is 0 Å². The standard InChI is InChI=1S/C23H22N2O4/c1-28-19-9-6-16(7-10-19)14-22(26)24-18-8-11-20-17(15-18)4-2-12-25(20)23(27)21-5-3-13-29-21/h3,5-11,13,15H,2,4,12,14H2,1H3,(H,24,26). The molecule has 1 aliphatic heterocycles. The third-order valence-corrected chi connectivity index (χ3v) is 4.98. The lowest BCUT2D eigenvalue weighted by atomic mass is 10.0. The maximum atomic E-state index is 12.7. The van der Waals surface area contributed by atoms with Crippen LogP contribution >= 0.6 is 0 Å². The van der Waals surface area contributed by atoms with Crippen molar-refractivity contribution in [3.63, 3.8) is 0 Å². The van der Waals surface area contributed by atoms with Gasteiger partial charge in [0, 0.05) is 17.9 Å². The van der Waals surface area contributed by atoms with Crippen LogP contribution in [0.4, 0.5) is 11.4 Å². The number of methoxy groups -OCH3 is 1. The van der Waals surface area contributed by atoms with Gasteiger partial charge in [0.25, 0.3) is 5.91 Å². The molecule has 0 radical (unpaired) electrons. The fourth-order valence-electron chi connectivity index (χ4n) is 3.55. The van der Waals surface area contributed by atoms with E-state index in [1.807, 2.05) is 42.5 Å². The van der Waals surface area contributed by atoms with Crippen molar-refractivity contribution in [2.45, 2.75) is 19.3 Å². The Bertz CT molecular complexity index is 1010. The van der Waals surface area contributed by atoms with E-state index in [0.29, 0.717) is 12.3 Å². The highest BCUT2D eigenvalue weighted by molar-refractivity contribution is 6.05. The summed E-state index contributed by atoms with van der Waals surface area (Å²) in [5.74, 6) is 0.855. The fourth-order valence-corrected chi connectivity index (χ4v) is 3.55. The number of hydrogen-bond donors (Lipinski definition) is 1. The zero-order valence-electron chi connectivity index (χ0n) is 16.2. The number of fused-ring (bicyclic) bond motifs is 1. The second-order valence-electron chi connectivity index (χ2n) is 6.95. The second kappa shape index (κ2) is 8.22. The average Bonchev–Trinajstić information content (AvgIpc) is 3.28. The highest BCUT2D eigenvalue weighted by Crippen LogP contribution is 2.31. The van der Waals surface area contributed by atoms with Crippen molar-refractivity contribution in [3.8, 4) is 5.75 Å². The molecule has 1 aliphatic rings. The summed E-state index contributed by atoms with van der Waals surface area (Å²) in [6.45, 7) is 0.649. The summed E-state index contributed by atoms with van der Waals surface area (Å²) in [5.41, 5.74) is 3.55. The Morgan fingerprint density at radius 2 is 1.97 bits per heavy atom. The molecule has 2 aromatic carbocycles. The molecule has 1 N–H and O–H groups in total. The van der Waals surface area contributed by atoms with Crippen LogP contribution in [0.1, 0.15) is 28.1 Å². The molecular formula is C23H22N2O4. The zero-order valence-corrected chi connectivity index (χ0v) is 16.2. The third kappa shape index (κ3) is 4.16. The van der Waals surface area contributed by atoms with Gasteiger partial charge in [-0.2, -0.15) is 0 Å². The molecular weight excluding hydrogens is 368 g/mol. The lowest BCUT2D eigenvalue weighted by Crippen LogP contribution is -2.35. The lowest BCUT2D eigenvalue weighted by molar-refractivity contribution is -0.115. The minimum atomic E-state index is -0.146. The minimum Gasteiger partial charge on any atom is -0.497 e. The number of aryl methyl sites for hydroxylation is 1. The summed E-state index contributed by atoms with van der Waals surface area (Å²) < 4.78 is 10.4. The molecule has 2 heterocycles. The molecule has 0 atom stereocenters. The Balaban J connectivity index is 1.46. The van der Waals surface area contributed by atoms with Crippen molar-refractivity contribution >= 4 is 23.2 Å². The number of carbonyl (C=O) groups excluding carboxylic acids is 2. The number of nitrogens with zero attached hydrogens (tertiary/aromatic N) is 1. The van der Waals surface area contributed by atoms with Gasteiger partial charge in [-0.05, 0) is 66.4 Å². The van der Waals surface area contributed by atoms with Gasteiger partial charge in [-0.1, -0.05) is 12.1 Å². The van der Waals surface area contributed by atoms with Crippen molar-refractivity contribution in [1.82, 2.24) is 0 Å². The van der Waals surface area contributed by atoms with Crippen LogP contribution in [0.25, 0.3) is 0 Å². The Morgan fingerprint density at radius 3 is 2.69 bits per heavy atom. The molecule has 0 bridgehead atoms. The van der Waals surface area contributed by atoms with Crippen LogP contribution in [0.2, 0.25) is 0 Å². The van der Waals surface area contributed by atoms with E-state index in [1.54, 1.807) is 24.1 Å². The summed E-state index contributed by atoms with van der Waals surface area (Å²) in [5, 5.41) is 2.95. The molecule has 0 spiro atoms. The van der Waals surface area contributed by atoms with E-state index in [2.05, 4.69) is 5.32 Å². The summed E-state index contributed by atoms with van der Waals surface area (Å²) in [7, 11) is 1.61. The maximum absolute atomic E-state index is 12.7. The number of furan rings is 1. The van der Waals surface area contributed by atoms with E-state index in [-0.39, 0.29) is 18.2 Å². The quantitative estimate of drug-likeness (QED) is 0.713. The average molecular weight is 390 g/mol. The van der Waals surface area contributed by atoms with Gasteiger partial charge in [0.15, 0.2) is 5.76 Å². The van der Waals surface area contributed by atoms with Crippen molar-refractivity contribution in [2.24, 2.45) is 0 Å². The van der Waals surface area contributed by atoms with Gasteiger partial charge in [0.2, 0.25) is 5.91 Å². The summed E-state index contributed by atoms with van der Waals surface area (Å²) in [6, 6.07) is 16.5. The molecule has 0 saturated heterocycles. The van der Waals surface area contributed by atoms with Gasteiger partial charge in [0.05, 0.1) is 19.8 Å². The van der Waals surface area contributed by atoms with Gasteiger partial charge in [-0.25, -0.2) is 0 Å². The molecule has 0 aliphatic carbocycles. The largest absolute Gasteiger partial charge is 0.497 e. The molecule has 3 aromatic rings. The summed E-state index contributed by atoms with van der Waals surface area (Å²) in [4.78, 5) is 26.8. The molecule has 29 heavy (non-hydrogen) atoms. The molecule has 1 aromatic heterocycles. The highest BCUT2D eigenvalue weighted by atomic mass is 16.5. The first-order valence-electron chi connectivity index (χ1n) is 9.55. The predicted molar refractivity (Wildman–Crippen MR) is 110 cm³/mol. The van der Waals surface area contributed by atoms with Crippen molar-refractivity contribution in [2.75, 3.05) is 23.9 Å². The van der Waals surface area contributed by atoms with Crippen molar-refractivity contribution < 1.29 is 18.7 Å². The number of rotatable bonds is 5. The van der Waals surface area contributed by atoms with Crippen LogP contribution < -0.4 is 15.0 Å². The first-order valence-corrected chi connectivity index (χ1v) is 9.55. The molecule has 2 amide bonds. The van der Waals surface area contributed by atoms with E-state index < -0.39 is 0 Å². The van der Waals surface area contributed by atoms with E-state index in [1.165, 1.54) is 6.26 Å². The molecule has 0 saturated carbocycles. The number of amides is 2. The molecule has 0 fully saturated rings. The van der Waals surface area contributed by atoms with Gasteiger partial charge in [0.1, 0.15) is 5.75 Å².